The molecule has 2 rings (SSSR count). The van der Waals surface area contributed by atoms with Gasteiger partial charge >= 0.3 is 0 Å². The Bertz CT molecular complexity index is 689. The summed E-state index contributed by atoms with van der Waals surface area (Å²) in [6, 6.07) is 10.6. The number of methoxy groups -OCH3 is 1. The number of amides is 1. The van der Waals surface area contributed by atoms with E-state index in [1.807, 2.05) is 0 Å². The van der Waals surface area contributed by atoms with Crippen molar-refractivity contribution in [3.05, 3.63) is 59.4 Å². The molecule has 0 saturated carbocycles. The van der Waals surface area contributed by atoms with Gasteiger partial charge in [-0.2, -0.15) is 0 Å². The maximum atomic E-state index is 13.2. The third kappa shape index (κ3) is 2.96. The molecule has 3 nitrogen and oxygen atoms in total. The molecule has 0 saturated heterocycles. The largest absolute Gasteiger partial charge is 0.496 e. The minimum atomic E-state index is -0.506. The van der Waals surface area contributed by atoms with E-state index < -0.39 is 11.7 Å². The van der Waals surface area contributed by atoms with Gasteiger partial charge in [0.25, 0.3) is 5.91 Å². The Kier molecular flexibility index (Phi) is 4.02. The van der Waals surface area contributed by atoms with E-state index in [4.69, 9.17) is 11.2 Å². The van der Waals surface area contributed by atoms with Gasteiger partial charge in [-0.05, 0) is 36.4 Å². The predicted molar refractivity (Wildman–Crippen MR) is 75.3 cm³/mol. The van der Waals surface area contributed by atoms with Gasteiger partial charge in [-0.15, -0.1) is 6.42 Å². The molecule has 1 N–H and O–H groups in total. The molecular formula is C16H12FNO2. The molecule has 1 amide bonds. The normalized spacial score (nSPS) is 9.65. The Morgan fingerprint density at radius 1 is 1.30 bits per heavy atom. The molecule has 0 aliphatic rings. The van der Waals surface area contributed by atoms with Gasteiger partial charge in [-0.3, -0.25) is 4.79 Å². The molecule has 0 aromatic heterocycles. The fraction of sp³-hybridized carbons (Fsp3) is 0.0625. The number of rotatable bonds is 3. The Hall–Kier alpha value is -2.80. The van der Waals surface area contributed by atoms with E-state index in [0.717, 1.165) is 6.07 Å². The zero-order chi connectivity index (χ0) is 14.5. The second-order valence-corrected chi connectivity index (χ2v) is 4.02. The standard InChI is InChI=1S/C16H12FNO2/c1-3-11-5-4-6-13(9-11)18-16(19)14-10-12(17)7-8-15(14)20-2/h1,4-10H,2H3,(H,18,19). The molecule has 20 heavy (non-hydrogen) atoms. The predicted octanol–water partition coefficient (Wildman–Crippen LogP) is 3.07. The first-order valence-electron chi connectivity index (χ1n) is 5.85. The maximum Gasteiger partial charge on any atom is 0.259 e. The highest BCUT2D eigenvalue weighted by molar-refractivity contribution is 6.06. The molecule has 0 heterocycles. The summed E-state index contributed by atoms with van der Waals surface area (Å²) >= 11 is 0. The van der Waals surface area contributed by atoms with Crippen LogP contribution in [0.2, 0.25) is 0 Å². The average molecular weight is 269 g/mol. The molecule has 0 aliphatic carbocycles. The summed E-state index contributed by atoms with van der Waals surface area (Å²) in [4.78, 5) is 12.1. The summed E-state index contributed by atoms with van der Waals surface area (Å²) in [5.41, 5.74) is 1.31. The highest BCUT2D eigenvalue weighted by Gasteiger charge is 2.13. The van der Waals surface area contributed by atoms with E-state index in [9.17, 15) is 9.18 Å². The number of nitrogens with one attached hydrogen (secondary N) is 1. The van der Waals surface area contributed by atoms with Crippen molar-refractivity contribution >= 4 is 11.6 Å². The lowest BCUT2D eigenvalue weighted by Crippen LogP contribution is -2.13. The van der Waals surface area contributed by atoms with Gasteiger partial charge in [-0.25, -0.2) is 4.39 Å². The van der Waals surface area contributed by atoms with Crippen molar-refractivity contribution in [1.29, 1.82) is 0 Å². The van der Waals surface area contributed by atoms with Crippen LogP contribution in [0.1, 0.15) is 15.9 Å². The smallest absolute Gasteiger partial charge is 0.259 e. The summed E-state index contributed by atoms with van der Waals surface area (Å²) in [6.45, 7) is 0. The van der Waals surface area contributed by atoms with Crippen molar-refractivity contribution in [2.75, 3.05) is 12.4 Å². The van der Waals surface area contributed by atoms with Crippen LogP contribution >= 0.6 is 0 Å². The number of carbonyl (C=O) groups is 1. The quantitative estimate of drug-likeness (QED) is 0.870. The molecule has 100 valence electrons. The van der Waals surface area contributed by atoms with E-state index in [1.165, 1.54) is 19.2 Å². The van der Waals surface area contributed by atoms with Crippen molar-refractivity contribution < 1.29 is 13.9 Å². The second-order valence-electron chi connectivity index (χ2n) is 4.02. The molecule has 0 aliphatic heterocycles. The number of halogens is 1. The summed E-state index contributed by atoms with van der Waals surface area (Å²) < 4.78 is 18.3. The first-order valence-corrected chi connectivity index (χ1v) is 5.85. The van der Waals surface area contributed by atoms with Gasteiger partial charge in [0.1, 0.15) is 11.6 Å². The number of hydrogen-bond acceptors (Lipinski definition) is 2. The minimum absolute atomic E-state index is 0.124. The molecular weight excluding hydrogens is 257 g/mol. The Labute approximate surface area is 116 Å². The van der Waals surface area contributed by atoms with Crippen LogP contribution in [0, 0.1) is 18.2 Å². The molecule has 0 spiro atoms. The van der Waals surface area contributed by atoms with Gasteiger partial charge in [-0.1, -0.05) is 12.0 Å². The summed E-state index contributed by atoms with van der Waals surface area (Å²) in [6.07, 6.45) is 5.29. The number of ether oxygens (including phenoxy) is 1. The molecule has 0 unspecified atom stereocenters. The first-order chi connectivity index (χ1) is 9.63. The summed E-state index contributed by atoms with van der Waals surface area (Å²) in [5.74, 6) is 1.81. The van der Waals surface area contributed by atoms with E-state index in [0.29, 0.717) is 17.0 Å². The zero-order valence-corrected chi connectivity index (χ0v) is 10.8. The fourth-order valence-electron chi connectivity index (χ4n) is 1.74. The van der Waals surface area contributed by atoms with E-state index in [1.54, 1.807) is 24.3 Å². The van der Waals surface area contributed by atoms with E-state index in [-0.39, 0.29) is 5.56 Å². The van der Waals surface area contributed by atoms with Crippen LogP contribution in [0.15, 0.2) is 42.5 Å². The molecule has 0 bridgehead atoms. The average Bonchev–Trinajstić information content (AvgIpc) is 2.47. The monoisotopic (exact) mass is 269 g/mol. The highest BCUT2D eigenvalue weighted by Crippen LogP contribution is 2.21. The fourth-order valence-corrected chi connectivity index (χ4v) is 1.74. The van der Waals surface area contributed by atoms with Crippen LogP contribution in [-0.4, -0.2) is 13.0 Å². The van der Waals surface area contributed by atoms with Crippen LogP contribution in [0.4, 0.5) is 10.1 Å². The van der Waals surface area contributed by atoms with E-state index >= 15 is 0 Å². The van der Waals surface area contributed by atoms with Crippen LogP contribution in [0.3, 0.4) is 0 Å². The molecule has 0 radical (unpaired) electrons. The minimum Gasteiger partial charge on any atom is -0.496 e. The lowest BCUT2D eigenvalue weighted by Gasteiger charge is -2.09. The van der Waals surface area contributed by atoms with E-state index in [2.05, 4.69) is 11.2 Å². The summed E-state index contributed by atoms with van der Waals surface area (Å²) in [5, 5.41) is 2.65. The third-order valence-corrected chi connectivity index (χ3v) is 2.69. The Balaban J connectivity index is 2.28. The summed E-state index contributed by atoms with van der Waals surface area (Å²) in [7, 11) is 1.42. The zero-order valence-electron chi connectivity index (χ0n) is 10.8. The first kappa shape index (κ1) is 13.6. The van der Waals surface area contributed by atoms with Crippen LogP contribution in [0.25, 0.3) is 0 Å². The molecule has 4 heteroatoms. The molecule has 2 aromatic rings. The number of benzene rings is 2. The van der Waals surface area contributed by atoms with Crippen molar-refractivity contribution in [1.82, 2.24) is 0 Å². The lowest BCUT2D eigenvalue weighted by molar-refractivity contribution is 0.102. The van der Waals surface area contributed by atoms with Crippen molar-refractivity contribution in [3.8, 4) is 18.1 Å². The van der Waals surface area contributed by atoms with Gasteiger partial charge < -0.3 is 10.1 Å². The second kappa shape index (κ2) is 5.89. The van der Waals surface area contributed by atoms with Gasteiger partial charge in [0.05, 0.1) is 12.7 Å². The molecule has 0 fully saturated rings. The SMILES string of the molecule is C#Cc1cccc(NC(=O)c2cc(F)ccc2OC)c1. The third-order valence-electron chi connectivity index (χ3n) is 2.69. The van der Waals surface area contributed by atoms with Crippen molar-refractivity contribution in [3.63, 3.8) is 0 Å². The molecule has 2 aromatic carbocycles. The molecule has 0 atom stereocenters. The number of hydrogen-bond donors (Lipinski definition) is 1. The van der Waals surface area contributed by atoms with Gasteiger partial charge in [0.15, 0.2) is 0 Å². The van der Waals surface area contributed by atoms with Gasteiger partial charge in [0.2, 0.25) is 0 Å². The number of carbonyl (C=O) groups excluding carboxylic acids is 1. The van der Waals surface area contributed by atoms with Gasteiger partial charge in [0, 0.05) is 11.3 Å². The van der Waals surface area contributed by atoms with Crippen LogP contribution in [-0.2, 0) is 0 Å². The lowest BCUT2D eigenvalue weighted by atomic mass is 10.1. The number of anilines is 1. The maximum absolute atomic E-state index is 13.2. The Morgan fingerprint density at radius 3 is 2.80 bits per heavy atom. The highest BCUT2D eigenvalue weighted by atomic mass is 19.1. The van der Waals surface area contributed by atoms with Crippen molar-refractivity contribution in [2.45, 2.75) is 0 Å². The Morgan fingerprint density at radius 2 is 2.10 bits per heavy atom. The number of terminal acetylenes is 1. The van der Waals surface area contributed by atoms with Crippen LogP contribution < -0.4 is 10.1 Å². The topological polar surface area (TPSA) is 38.3 Å². The van der Waals surface area contributed by atoms with Crippen molar-refractivity contribution in [2.24, 2.45) is 0 Å². The van der Waals surface area contributed by atoms with Crippen LogP contribution in [0.5, 0.6) is 5.75 Å².